The van der Waals surface area contributed by atoms with Crippen LogP contribution >= 0.6 is 35.3 Å². The summed E-state index contributed by atoms with van der Waals surface area (Å²) in [6.45, 7) is 6.46. The van der Waals surface area contributed by atoms with Crippen LogP contribution in [0.3, 0.4) is 0 Å². The summed E-state index contributed by atoms with van der Waals surface area (Å²) in [6.07, 6.45) is 10.6. The van der Waals surface area contributed by atoms with Crippen LogP contribution in [-0.2, 0) is 0 Å². The molecular formula is C21H37IN6OS. The van der Waals surface area contributed by atoms with Gasteiger partial charge >= 0.3 is 0 Å². The van der Waals surface area contributed by atoms with Crippen molar-refractivity contribution in [3.63, 3.8) is 0 Å². The van der Waals surface area contributed by atoms with Crippen LogP contribution in [0, 0.1) is 6.92 Å². The molecule has 7 nitrogen and oxygen atoms in total. The number of thiazole rings is 1. The number of carbonyl (C=O) groups is 1. The summed E-state index contributed by atoms with van der Waals surface area (Å²) in [5.41, 5.74) is 2.76. The summed E-state index contributed by atoms with van der Waals surface area (Å²) in [4.78, 5) is 24.1. The molecule has 1 amide bonds. The fourth-order valence-electron chi connectivity index (χ4n) is 4.61. The highest BCUT2D eigenvalue weighted by Crippen LogP contribution is 2.35. The fraction of sp³-hybridized carbons (Fsp3) is 0.762. The minimum atomic E-state index is -0.0546. The Balaban J connectivity index is 0.00000320. The Bertz CT molecular complexity index is 683. The van der Waals surface area contributed by atoms with Gasteiger partial charge in [0.05, 0.1) is 11.2 Å². The molecule has 0 radical (unpaired) electrons. The Morgan fingerprint density at radius 2 is 1.77 bits per heavy atom. The number of likely N-dealkylation sites (tertiary alicyclic amines) is 1. The monoisotopic (exact) mass is 548 g/mol. The van der Waals surface area contributed by atoms with E-state index >= 15 is 0 Å². The van der Waals surface area contributed by atoms with Gasteiger partial charge in [-0.15, -0.1) is 35.3 Å². The normalized spacial score (nSPS) is 19.6. The first-order valence-electron chi connectivity index (χ1n) is 11.0. The quantitative estimate of drug-likeness (QED) is 0.211. The number of amides is 1. The minimum absolute atomic E-state index is 0. The predicted octanol–water partition coefficient (Wildman–Crippen LogP) is 3.15. The maximum absolute atomic E-state index is 12.2. The molecule has 1 aromatic rings. The van der Waals surface area contributed by atoms with E-state index in [-0.39, 0.29) is 35.4 Å². The van der Waals surface area contributed by atoms with E-state index < -0.39 is 0 Å². The first-order chi connectivity index (χ1) is 14.1. The number of aromatic nitrogens is 1. The van der Waals surface area contributed by atoms with Crippen LogP contribution in [0.5, 0.6) is 0 Å². The van der Waals surface area contributed by atoms with Crippen molar-refractivity contribution in [3.05, 3.63) is 16.1 Å². The number of rotatable bonds is 7. The van der Waals surface area contributed by atoms with E-state index in [4.69, 9.17) is 0 Å². The van der Waals surface area contributed by atoms with Crippen molar-refractivity contribution in [2.24, 2.45) is 4.99 Å². The molecular weight excluding hydrogens is 511 g/mol. The van der Waals surface area contributed by atoms with Crippen LogP contribution in [0.2, 0.25) is 0 Å². The van der Waals surface area contributed by atoms with Crippen LogP contribution < -0.4 is 16.0 Å². The van der Waals surface area contributed by atoms with Gasteiger partial charge in [-0.25, -0.2) is 4.98 Å². The number of aryl methyl sites for hydroxylation is 1. The molecule has 30 heavy (non-hydrogen) atoms. The molecule has 0 atom stereocenters. The number of aliphatic imine (C=N–C) groups is 1. The SMILES string of the molecule is CN=C(NCCNC(=O)c1scnc1C)NCC1(N2CCCCC2)CCCCC1.I. The lowest BCUT2D eigenvalue weighted by Crippen LogP contribution is -2.59. The minimum Gasteiger partial charge on any atom is -0.355 e. The second-order valence-electron chi connectivity index (χ2n) is 8.21. The number of guanidine groups is 1. The summed E-state index contributed by atoms with van der Waals surface area (Å²) < 4.78 is 0. The Morgan fingerprint density at radius 3 is 2.40 bits per heavy atom. The maximum Gasteiger partial charge on any atom is 0.263 e. The van der Waals surface area contributed by atoms with Gasteiger partial charge in [-0.05, 0) is 45.7 Å². The van der Waals surface area contributed by atoms with Crippen LogP contribution in [0.4, 0.5) is 0 Å². The van der Waals surface area contributed by atoms with Crippen LogP contribution in [-0.4, -0.2) is 67.1 Å². The third-order valence-corrected chi connectivity index (χ3v) is 7.20. The smallest absolute Gasteiger partial charge is 0.263 e. The van der Waals surface area contributed by atoms with Crippen molar-refractivity contribution in [1.29, 1.82) is 0 Å². The highest BCUT2D eigenvalue weighted by molar-refractivity contribution is 14.0. The van der Waals surface area contributed by atoms with Crippen molar-refractivity contribution >= 4 is 47.2 Å². The zero-order chi connectivity index (χ0) is 20.5. The molecule has 1 aromatic heterocycles. The fourth-order valence-corrected chi connectivity index (χ4v) is 5.33. The van der Waals surface area contributed by atoms with E-state index in [9.17, 15) is 4.79 Å². The molecule has 0 aromatic carbocycles. The predicted molar refractivity (Wildman–Crippen MR) is 135 cm³/mol. The lowest BCUT2D eigenvalue weighted by atomic mass is 9.79. The summed E-state index contributed by atoms with van der Waals surface area (Å²) in [5, 5.41) is 9.86. The molecule has 1 aliphatic carbocycles. The van der Waals surface area contributed by atoms with Crippen molar-refractivity contribution < 1.29 is 4.79 Å². The molecule has 0 bridgehead atoms. The van der Waals surface area contributed by atoms with Gasteiger partial charge in [-0.2, -0.15) is 0 Å². The first-order valence-corrected chi connectivity index (χ1v) is 11.9. The van der Waals surface area contributed by atoms with E-state index in [0.29, 0.717) is 18.0 Å². The number of hydrogen-bond acceptors (Lipinski definition) is 5. The molecule has 9 heteroatoms. The lowest BCUT2D eigenvalue weighted by molar-refractivity contribution is 0.0368. The Morgan fingerprint density at radius 1 is 1.10 bits per heavy atom. The molecule has 2 aliphatic rings. The van der Waals surface area contributed by atoms with Gasteiger partial charge in [0.1, 0.15) is 4.88 Å². The zero-order valence-electron chi connectivity index (χ0n) is 18.3. The Hall–Kier alpha value is -0.940. The van der Waals surface area contributed by atoms with E-state index in [1.54, 1.807) is 5.51 Å². The average Bonchev–Trinajstić information content (AvgIpc) is 3.20. The second kappa shape index (κ2) is 12.8. The molecule has 3 rings (SSSR count). The van der Waals surface area contributed by atoms with Crippen molar-refractivity contribution in [2.45, 2.75) is 63.8 Å². The molecule has 2 heterocycles. The lowest BCUT2D eigenvalue weighted by Gasteiger charge is -2.48. The summed E-state index contributed by atoms with van der Waals surface area (Å²) >= 11 is 1.38. The van der Waals surface area contributed by atoms with Crippen molar-refractivity contribution in [2.75, 3.05) is 39.8 Å². The van der Waals surface area contributed by atoms with Gasteiger partial charge in [-0.3, -0.25) is 14.7 Å². The van der Waals surface area contributed by atoms with E-state index in [2.05, 4.69) is 30.8 Å². The number of hydrogen-bond donors (Lipinski definition) is 3. The van der Waals surface area contributed by atoms with Gasteiger partial charge in [-0.1, -0.05) is 25.7 Å². The molecule has 1 aliphatic heterocycles. The molecule has 0 spiro atoms. The van der Waals surface area contributed by atoms with Gasteiger partial charge in [0.15, 0.2) is 5.96 Å². The standard InChI is InChI=1S/C21H36N6OS.HI/c1-17-18(29-16-26-17)19(28)23-11-12-24-20(22-2)25-15-21(9-5-3-6-10-21)27-13-7-4-8-14-27;/h16H,3-15H2,1-2H3,(H,23,28)(H2,22,24,25);1H. The van der Waals surface area contributed by atoms with Gasteiger partial charge in [0.2, 0.25) is 0 Å². The summed E-state index contributed by atoms with van der Waals surface area (Å²) in [6, 6.07) is 0. The van der Waals surface area contributed by atoms with Crippen LogP contribution in [0.25, 0.3) is 0 Å². The summed E-state index contributed by atoms with van der Waals surface area (Å²) in [5.74, 6) is 0.760. The highest BCUT2D eigenvalue weighted by Gasteiger charge is 2.38. The first kappa shape index (κ1) is 25.3. The molecule has 2 fully saturated rings. The van der Waals surface area contributed by atoms with Gasteiger partial charge in [0, 0.05) is 32.2 Å². The van der Waals surface area contributed by atoms with Crippen LogP contribution in [0.1, 0.15) is 66.7 Å². The number of nitrogens with one attached hydrogen (secondary N) is 3. The molecule has 1 saturated carbocycles. The largest absolute Gasteiger partial charge is 0.355 e. The second-order valence-corrected chi connectivity index (χ2v) is 9.06. The van der Waals surface area contributed by atoms with Crippen LogP contribution in [0.15, 0.2) is 10.5 Å². The number of nitrogens with zero attached hydrogens (tertiary/aromatic N) is 3. The molecule has 3 N–H and O–H groups in total. The molecule has 170 valence electrons. The van der Waals surface area contributed by atoms with Gasteiger partial charge < -0.3 is 16.0 Å². The third-order valence-electron chi connectivity index (χ3n) is 6.27. The van der Waals surface area contributed by atoms with E-state index in [0.717, 1.165) is 18.2 Å². The zero-order valence-corrected chi connectivity index (χ0v) is 21.5. The Kier molecular flexibility index (Phi) is 10.8. The number of halogens is 1. The van der Waals surface area contributed by atoms with E-state index in [1.807, 2.05) is 14.0 Å². The van der Waals surface area contributed by atoms with Crippen molar-refractivity contribution in [1.82, 2.24) is 25.8 Å². The summed E-state index contributed by atoms with van der Waals surface area (Å²) in [7, 11) is 1.81. The number of piperidine rings is 1. The Labute approximate surface area is 201 Å². The average molecular weight is 549 g/mol. The van der Waals surface area contributed by atoms with E-state index in [1.165, 1.54) is 75.8 Å². The third kappa shape index (κ3) is 6.78. The molecule has 1 saturated heterocycles. The van der Waals surface area contributed by atoms with Gasteiger partial charge in [0.25, 0.3) is 5.91 Å². The maximum atomic E-state index is 12.2. The number of carbonyl (C=O) groups excluding carboxylic acids is 1. The highest BCUT2D eigenvalue weighted by atomic mass is 127. The molecule has 0 unspecified atom stereocenters. The topological polar surface area (TPSA) is 81.6 Å². The van der Waals surface area contributed by atoms with Crippen molar-refractivity contribution in [3.8, 4) is 0 Å².